The van der Waals surface area contributed by atoms with Gasteiger partial charge < -0.3 is 30.3 Å². The van der Waals surface area contributed by atoms with E-state index in [2.05, 4.69) is 15.6 Å². The van der Waals surface area contributed by atoms with Gasteiger partial charge in [-0.3, -0.25) is 19.2 Å². The molecule has 40 heavy (non-hydrogen) atoms. The van der Waals surface area contributed by atoms with Gasteiger partial charge in [-0.1, -0.05) is 24.3 Å². The lowest BCUT2D eigenvalue weighted by Gasteiger charge is -2.23. The molecule has 0 aliphatic carbocycles. The van der Waals surface area contributed by atoms with Crippen LogP contribution < -0.4 is 21.7 Å². The van der Waals surface area contributed by atoms with E-state index in [1.165, 1.54) is 7.11 Å². The van der Waals surface area contributed by atoms with Crippen LogP contribution in [0.3, 0.4) is 0 Å². The van der Waals surface area contributed by atoms with E-state index >= 15 is 0 Å². The highest BCUT2D eigenvalue weighted by Gasteiger charge is 2.23. The molecule has 0 fully saturated rings. The maximum absolute atomic E-state index is 14.1. The molecule has 0 aromatic heterocycles. The molecule has 3 amide bonds. The van der Waals surface area contributed by atoms with Gasteiger partial charge in [0.1, 0.15) is 18.2 Å². The number of hydrogen-bond donors (Lipinski definition) is 6. The Hall–Kier alpha value is -4.14. The van der Waals surface area contributed by atoms with E-state index in [-0.39, 0.29) is 35.1 Å². The molecule has 3 aromatic carbocycles. The molecule has 0 spiro atoms. The van der Waals surface area contributed by atoms with Crippen molar-refractivity contribution >= 4 is 42.9 Å². The van der Waals surface area contributed by atoms with Crippen LogP contribution in [-0.4, -0.2) is 70.6 Å². The topological polar surface area (TPSA) is 169 Å². The molecule has 6 N–H and O–H groups in total. The summed E-state index contributed by atoms with van der Waals surface area (Å²) in [5.41, 5.74) is 2.42. The third-order valence-electron chi connectivity index (χ3n) is 5.60. The Labute approximate surface area is 228 Å². The number of nitrogens with zero attached hydrogens (tertiary/aromatic N) is 1. The quantitative estimate of drug-likeness (QED) is 0.124. The average molecular weight is 555 g/mol. The SMILES string of the molecule is CONC(=O)CN(Cc1cccc(CNC(=O)c2cc(F)cc(B(O)O)c2)c1)C(=O)c1cc(F)cc(B(O)O)c1. The van der Waals surface area contributed by atoms with Gasteiger partial charge >= 0.3 is 14.2 Å². The number of amides is 3. The van der Waals surface area contributed by atoms with Crippen molar-refractivity contribution < 1.29 is 48.1 Å². The molecule has 3 rings (SSSR count). The summed E-state index contributed by atoms with van der Waals surface area (Å²) in [7, 11) is -2.77. The van der Waals surface area contributed by atoms with Crippen LogP contribution in [0.15, 0.2) is 60.7 Å². The number of rotatable bonds is 11. The second-order valence-electron chi connectivity index (χ2n) is 8.69. The van der Waals surface area contributed by atoms with E-state index in [0.29, 0.717) is 11.1 Å². The fourth-order valence-electron chi connectivity index (χ4n) is 3.82. The zero-order valence-corrected chi connectivity index (χ0v) is 21.2. The fourth-order valence-corrected chi connectivity index (χ4v) is 3.82. The van der Waals surface area contributed by atoms with Crippen molar-refractivity contribution in [2.24, 2.45) is 0 Å². The van der Waals surface area contributed by atoms with Crippen LogP contribution in [0.4, 0.5) is 8.78 Å². The predicted molar refractivity (Wildman–Crippen MR) is 140 cm³/mol. The fraction of sp³-hybridized carbons (Fsp3) is 0.160. The zero-order chi connectivity index (χ0) is 29.4. The number of hydrogen-bond acceptors (Lipinski definition) is 8. The molecule has 0 atom stereocenters. The standard InChI is InChI=1S/C25H25B2F2N3O8/c1-40-31-23(33)14-32(25(35)18-7-20(27(38)39)11-22(29)9-18)13-16-4-2-3-15(5-16)12-30-24(34)17-6-19(26(36)37)10-21(28)8-17/h2-11,36-39H,12-14H2,1H3,(H,30,34)(H,31,33). The third kappa shape index (κ3) is 8.43. The molecule has 15 heteroatoms. The van der Waals surface area contributed by atoms with Crippen LogP contribution in [0.5, 0.6) is 0 Å². The molecular formula is C25H25B2F2N3O8. The molecule has 0 aliphatic rings. The van der Waals surface area contributed by atoms with Crippen LogP contribution >= 0.6 is 0 Å². The number of benzene rings is 3. The predicted octanol–water partition coefficient (Wildman–Crippen LogP) is -1.43. The Morgan fingerprint density at radius 3 is 2.02 bits per heavy atom. The van der Waals surface area contributed by atoms with Gasteiger partial charge in [0.2, 0.25) is 0 Å². The van der Waals surface area contributed by atoms with E-state index in [0.717, 1.165) is 41.3 Å². The van der Waals surface area contributed by atoms with E-state index in [1.807, 2.05) is 0 Å². The molecule has 0 saturated carbocycles. The van der Waals surface area contributed by atoms with Gasteiger partial charge in [-0.25, -0.2) is 14.3 Å². The van der Waals surface area contributed by atoms with Gasteiger partial charge in [0.15, 0.2) is 0 Å². The second kappa shape index (κ2) is 13.8. The number of carbonyl (C=O) groups excluding carboxylic acids is 3. The van der Waals surface area contributed by atoms with Gasteiger partial charge in [-0.05, 0) is 58.5 Å². The highest BCUT2D eigenvalue weighted by atomic mass is 19.1. The monoisotopic (exact) mass is 555 g/mol. The normalized spacial score (nSPS) is 10.6. The van der Waals surface area contributed by atoms with E-state index in [9.17, 15) is 43.3 Å². The molecule has 0 heterocycles. The minimum absolute atomic E-state index is 0.0139. The minimum Gasteiger partial charge on any atom is -0.423 e. The van der Waals surface area contributed by atoms with Crippen LogP contribution in [0.25, 0.3) is 0 Å². The van der Waals surface area contributed by atoms with Gasteiger partial charge in [0, 0.05) is 24.2 Å². The minimum atomic E-state index is -2.02. The van der Waals surface area contributed by atoms with E-state index in [4.69, 9.17) is 0 Å². The Morgan fingerprint density at radius 1 is 0.850 bits per heavy atom. The van der Waals surface area contributed by atoms with Gasteiger partial charge in [-0.15, -0.1) is 0 Å². The summed E-state index contributed by atoms with van der Waals surface area (Å²) in [6, 6.07) is 12.4. The Bertz CT molecular complexity index is 1390. The summed E-state index contributed by atoms with van der Waals surface area (Å²) in [5, 5.41) is 39.9. The largest absolute Gasteiger partial charge is 0.488 e. The Kier molecular flexibility index (Phi) is 10.5. The van der Waals surface area contributed by atoms with Crippen LogP contribution in [0.1, 0.15) is 31.8 Å². The van der Waals surface area contributed by atoms with Crippen molar-refractivity contribution in [1.82, 2.24) is 15.7 Å². The highest BCUT2D eigenvalue weighted by Crippen LogP contribution is 2.14. The van der Waals surface area contributed by atoms with E-state index in [1.54, 1.807) is 24.3 Å². The number of carbonyl (C=O) groups is 3. The van der Waals surface area contributed by atoms with Crippen molar-refractivity contribution in [2.45, 2.75) is 13.1 Å². The maximum Gasteiger partial charge on any atom is 0.488 e. The Balaban J connectivity index is 1.79. The van der Waals surface area contributed by atoms with Crippen LogP contribution in [-0.2, 0) is 22.7 Å². The maximum atomic E-state index is 14.1. The molecule has 3 aromatic rings. The molecule has 0 radical (unpaired) electrons. The third-order valence-corrected chi connectivity index (χ3v) is 5.60. The Morgan fingerprint density at radius 2 is 1.43 bits per heavy atom. The molecule has 0 saturated heterocycles. The van der Waals surface area contributed by atoms with Crippen molar-refractivity contribution in [1.29, 1.82) is 0 Å². The summed E-state index contributed by atoms with van der Waals surface area (Å²) < 4.78 is 27.8. The summed E-state index contributed by atoms with van der Waals surface area (Å²) in [5.74, 6) is -3.83. The molecular weight excluding hydrogens is 530 g/mol. The van der Waals surface area contributed by atoms with Gasteiger partial charge in [0.25, 0.3) is 17.7 Å². The molecule has 208 valence electrons. The first kappa shape index (κ1) is 30.4. The first-order chi connectivity index (χ1) is 19.0. The average Bonchev–Trinajstić information content (AvgIpc) is 2.90. The molecule has 0 bridgehead atoms. The number of halogens is 2. The van der Waals surface area contributed by atoms with Gasteiger partial charge in [-0.2, -0.15) is 0 Å². The molecule has 0 aliphatic heterocycles. The molecule has 11 nitrogen and oxygen atoms in total. The summed E-state index contributed by atoms with van der Waals surface area (Å²) in [6.07, 6.45) is 0. The number of hydroxylamine groups is 1. The first-order valence-corrected chi connectivity index (χ1v) is 11.8. The zero-order valence-electron chi connectivity index (χ0n) is 21.2. The lowest BCUT2D eigenvalue weighted by Crippen LogP contribution is -2.40. The summed E-state index contributed by atoms with van der Waals surface area (Å²) in [6.45, 7) is -0.632. The highest BCUT2D eigenvalue weighted by molar-refractivity contribution is 6.59. The summed E-state index contributed by atoms with van der Waals surface area (Å²) >= 11 is 0. The van der Waals surface area contributed by atoms with Crippen molar-refractivity contribution in [2.75, 3.05) is 13.7 Å². The van der Waals surface area contributed by atoms with Gasteiger partial charge in [0.05, 0.1) is 7.11 Å². The summed E-state index contributed by atoms with van der Waals surface area (Å²) in [4.78, 5) is 43.6. The van der Waals surface area contributed by atoms with E-state index < -0.39 is 50.1 Å². The first-order valence-electron chi connectivity index (χ1n) is 11.8. The number of nitrogens with one attached hydrogen (secondary N) is 2. The van der Waals surface area contributed by atoms with Crippen molar-refractivity contribution in [3.05, 3.63) is 94.6 Å². The van der Waals surface area contributed by atoms with Crippen LogP contribution in [0.2, 0.25) is 0 Å². The van der Waals surface area contributed by atoms with Crippen LogP contribution in [0, 0.1) is 11.6 Å². The molecule has 0 unspecified atom stereocenters. The lowest BCUT2D eigenvalue weighted by molar-refractivity contribution is -0.132. The van der Waals surface area contributed by atoms with Crippen molar-refractivity contribution in [3.8, 4) is 0 Å². The lowest BCUT2D eigenvalue weighted by atomic mass is 9.79. The van der Waals surface area contributed by atoms with Crippen molar-refractivity contribution in [3.63, 3.8) is 0 Å². The second-order valence-corrected chi connectivity index (χ2v) is 8.69. The smallest absolute Gasteiger partial charge is 0.423 e.